The highest BCUT2D eigenvalue weighted by atomic mass is 28.4. The number of hydrogen-bond donors (Lipinski definition) is 0. The maximum absolute atomic E-state index is 15.8. The summed E-state index contributed by atoms with van der Waals surface area (Å²) in [7, 11) is -6.41. The number of halogens is 2. The van der Waals surface area contributed by atoms with Crippen molar-refractivity contribution in [2.24, 2.45) is 0 Å². The van der Waals surface area contributed by atoms with Crippen LogP contribution in [0.15, 0.2) is 0 Å². The van der Waals surface area contributed by atoms with E-state index in [1.54, 1.807) is 0 Å². The molecule has 0 spiro atoms. The van der Waals surface area contributed by atoms with Gasteiger partial charge in [0.25, 0.3) is 0 Å². The molecule has 0 aliphatic rings. The fourth-order valence-corrected chi connectivity index (χ4v) is 9.40. The van der Waals surface area contributed by atoms with Crippen molar-refractivity contribution in [2.45, 2.75) is 167 Å². The van der Waals surface area contributed by atoms with Crippen molar-refractivity contribution in [3.05, 3.63) is 0 Å². The van der Waals surface area contributed by atoms with Gasteiger partial charge < -0.3 is 0 Å². The average molecular weight is 487 g/mol. The first kappa shape index (κ1) is 31.9. The molecule has 0 saturated heterocycles. The summed E-state index contributed by atoms with van der Waals surface area (Å²) >= 11 is 0. The molecule has 0 aromatic heterocycles. The van der Waals surface area contributed by atoms with E-state index in [0.29, 0.717) is 12.1 Å². The van der Waals surface area contributed by atoms with E-state index in [2.05, 4.69) is 24.9 Å². The van der Waals surface area contributed by atoms with Gasteiger partial charge in [-0.3, -0.25) is 8.22 Å². The molecule has 0 radical (unpaired) electrons. The lowest BCUT2D eigenvalue weighted by Gasteiger charge is -2.24. The van der Waals surface area contributed by atoms with Crippen molar-refractivity contribution in [2.75, 3.05) is 0 Å². The maximum Gasteiger partial charge on any atom is 0.324 e. The van der Waals surface area contributed by atoms with E-state index >= 15 is 8.22 Å². The number of hydrogen-bond acceptors (Lipinski definition) is 0. The Bertz CT molecular complexity index is 455. The average Bonchev–Trinajstić information content (AvgIpc) is 2.75. The topological polar surface area (TPSA) is 0 Å². The Morgan fingerprint density at radius 3 is 0.969 bits per heavy atom. The summed E-state index contributed by atoms with van der Waals surface area (Å²) in [5.74, 6) is 0. The van der Waals surface area contributed by atoms with Crippen LogP contribution in [-0.4, -0.2) is 16.8 Å². The summed E-state index contributed by atoms with van der Waals surface area (Å²) in [5, 5.41) is 0. The van der Waals surface area contributed by atoms with E-state index in [4.69, 9.17) is 0 Å². The number of rotatable bonds is 20. The summed E-state index contributed by atoms with van der Waals surface area (Å²) in [4.78, 5) is 0. The van der Waals surface area contributed by atoms with E-state index in [-0.39, 0.29) is 11.1 Å². The zero-order valence-electron chi connectivity index (χ0n) is 22.6. The van der Waals surface area contributed by atoms with Gasteiger partial charge in [-0.15, -0.1) is 0 Å². The van der Waals surface area contributed by atoms with Gasteiger partial charge in [-0.05, 0) is 23.2 Å². The lowest BCUT2D eigenvalue weighted by molar-refractivity contribution is 0.579. The van der Waals surface area contributed by atoms with Crippen LogP contribution in [0.2, 0.25) is 23.2 Å². The Morgan fingerprint density at radius 1 is 0.469 bits per heavy atom. The van der Waals surface area contributed by atoms with Crippen LogP contribution in [0.5, 0.6) is 0 Å². The third kappa shape index (κ3) is 14.9. The lowest BCUT2D eigenvalue weighted by Crippen LogP contribution is -2.35. The number of unbranched alkanes of at least 4 members (excludes halogenated alkanes) is 14. The predicted molar refractivity (Wildman–Crippen MR) is 147 cm³/mol. The summed E-state index contributed by atoms with van der Waals surface area (Å²) < 4.78 is 31.6. The molecule has 2 atom stereocenters. The minimum Gasteiger partial charge on any atom is -0.297 e. The molecule has 4 heteroatoms. The zero-order chi connectivity index (χ0) is 24.3. The van der Waals surface area contributed by atoms with Crippen LogP contribution in [0.1, 0.15) is 144 Å². The van der Waals surface area contributed by atoms with Gasteiger partial charge in [0.1, 0.15) is 0 Å². The van der Waals surface area contributed by atoms with E-state index in [1.165, 1.54) is 77.0 Å². The van der Waals surface area contributed by atoms with Crippen molar-refractivity contribution in [3.8, 4) is 11.1 Å². The third-order valence-corrected chi connectivity index (χ3v) is 14.3. The quantitative estimate of drug-likeness (QED) is 0.0694. The monoisotopic (exact) mass is 486 g/mol. The Hall–Kier alpha value is -0.146. The first-order valence-electron chi connectivity index (χ1n) is 14.1. The second-order valence-electron chi connectivity index (χ2n) is 10.7. The van der Waals surface area contributed by atoms with Crippen molar-refractivity contribution in [1.82, 2.24) is 0 Å². The molecule has 0 aromatic carbocycles. The maximum atomic E-state index is 15.8. The van der Waals surface area contributed by atoms with E-state index in [0.717, 1.165) is 25.7 Å². The highest BCUT2D eigenvalue weighted by Gasteiger charge is 2.40. The zero-order valence-corrected chi connectivity index (χ0v) is 24.6. The molecule has 0 amide bonds. The molecule has 32 heavy (non-hydrogen) atoms. The molecule has 0 fully saturated rings. The molecule has 0 heterocycles. The van der Waals surface area contributed by atoms with E-state index in [1.807, 2.05) is 27.7 Å². The molecule has 0 bridgehead atoms. The molecule has 0 aromatic rings. The summed E-state index contributed by atoms with van der Waals surface area (Å²) in [6.45, 7) is 12.3. The minimum absolute atomic E-state index is 0.0481. The van der Waals surface area contributed by atoms with Crippen LogP contribution in [0.4, 0.5) is 8.22 Å². The fourth-order valence-electron chi connectivity index (χ4n) is 4.23. The van der Waals surface area contributed by atoms with Crippen LogP contribution in [0, 0.1) is 11.1 Å². The summed E-state index contributed by atoms with van der Waals surface area (Å²) in [5.41, 5.74) is 5.94. The highest BCUT2D eigenvalue weighted by molar-refractivity contribution is 6.87. The van der Waals surface area contributed by atoms with Gasteiger partial charge >= 0.3 is 16.8 Å². The Morgan fingerprint density at radius 2 is 0.719 bits per heavy atom. The second-order valence-corrected chi connectivity index (χ2v) is 18.0. The first-order chi connectivity index (χ1) is 15.2. The Kier molecular flexibility index (Phi) is 19.1. The smallest absolute Gasteiger partial charge is 0.297 e. The van der Waals surface area contributed by atoms with E-state index < -0.39 is 16.8 Å². The highest BCUT2D eigenvalue weighted by Crippen LogP contribution is 2.32. The lowest BCUT2D eigenvalue weighted by atomic mass is 10.1. The van der Waals surface area contributed by atoms with Gasteiger partial charge in [-0.25, -0.2) is 0 Å². The first-order valence-corrected chi connectivity index (χ1v) is 18.5. The molecule has 0 aliphatic heterocycles. The molecular formula is C28H56F2Si2. The van der Waals surface area contributed by atoms with E-state index in [9.17, 15) is 0 Å². The van der Waals surface area contributed by atoms with Crippen molar-refractivity contribution >= 4 is 16.8 Å². The predicted octanol–water partition coefficient (Wildman–Crippen LogP) is 11.0. The van der Waals surface area contributed by atoms with Gasteiger partial charge in [0.2, 0.25) is 0 Å². The SMILES string of the molecule is CCCCCCCCCC[Si](F)(C#C[Si](F)(CCCCCCCCCC)C(C)C)C(C)C. The van der Waals surface area contributed by atoms with Gasteiger partial charge in [-0.1, -0.05) is 155 Å². The van der Waals surface area contributed by atoms with Gasteiger partial charge in [0.15, 0.2) is 0 Å². The molecule has 0 aliphatic carbocycles. The van der Waals surface area contributed by atoms with Crippen LogP contribution >= 0.6 is 0 Å². The standard InChI is InChI=1S/C28H56F2Si2/c1-7-9-11-13-15-17-19-21-23-31(29,27(3)4)25-26-32(30,28(5)6)24-22-20-18-16-14-12-10-8-2/h27-28H,7-24H2,1-6H3. The summed E-state index contributed by atoms with van der Waals surface area (Å²) in [6.07, 6.45) is 19.4. The van der Waals surface area contributed by atoms with Crippen molar-refractivity contribution in [3.63, 3.8) is 0 Å². The minimum atomic E-state index is -3.20. The molecule has 0 saturated carbocycles. The third-order valence-electron chi connectivity index (χ3n) is 7.10. The van der Waals surface area contributed by atoms with Gasteiger partial charge in [0.05, 0.1) is 0 Å². The molecule has 0 nitrogen and oxygen atoms in total. The van der Waals surface area contributed by atoms with Crippen LogP contribution < -0.4 is 0 Å². The molecule has 0 N–H and O–H groups in total. The Labute approximate surface area is 203 Å². The fraction of sp³-hybridized carbons (Fsp3) is 0.929. The molecular weight excluding hydrogens is 430 g/mol. The Balaban J connectivity index is 4.59. The van der Waals surface area contributed by atoms with Crippen molar-refractivity contribution < 1.29 is 8.22 Å². The van der Waals surface area contributed by atoms with Crippen LogP contribution in [0.3, 0.4) is 0 Å². The molecule has 190 valence electrons. The van der Waals surface area contributed by atoms with Crippen LogP contribution in [0.25, 0.3) is 0 Å². The molecule has 2 unspecified atom stereocenters. The van der Waals surface area contributed by atoms with Gasteiger partial charge in [0, 0.05) is 0 Å². The molecule has 0 rings (SSSR count). The van der Waals surface area contributed by atoms with Gasteiger partial charge in [-0.2, -0.15) is 0 Å². The van der Waals surface area contributed by atoms with Crippen LogP contribution in [-0.2, 0) is 0 Å². The normalized spacial score (nSPS) is 15.4. The van der Waals surface area contributed by atoms with Crippen molar-refractivity contribution in [1.29, 1.82) is 0 Å². The largest absolute Gasteiger partial charge is 0.324 e. The summed E-state index contributed by atoms with van der Waals surface area (Å²) in [6, 6.07) is 1.18. The second kappa shape index (κ2) is 19.2.